The Morgan fingerprint density at radius 3 is 2.30 bits per heavy atom. The number of anilines is 1. The van der Waals surface area contributed by atoms with Crippen molar-refractivity contribution in [3.63, 3.8) is 0 Å². The van der Waals surface area contributed by atoms with E-state index >= 15 is 0 Å². The van der Waals surface area contributed by atoms with Crippen LogP contribution in [0.25, 0.3) is 0 Å². The summed E-state index contributed by atoms with van der Waals surface area (Å²) in [4.78, 5) is 0. The third-order valence-corrected chi connectivity index (χ3v) is 4.38. The molecule has 0 bridgehead atoms. The van der Waals surface area contributed by atoms with E-state index in [4.69, 9.17) is 19.8 Å². The fourth-order valence-corrected chi connectivity index (χ4v) is 2.14. The van der Waals surface area contributed by atoms with Crippen molar-refractivity contribution >= 4 is 18.3 Å². The normalized spacial score (nSPS) is 23.9. The first-order chi connectivity index (χ1) is 9.28. The fourth-order valence-electron chi connectivity index (χ4n) is 2.14. The molecule has 5 heteroatoms. The van der Waals surface area contributed by atoms with Gasteiger partial charge in [0.05, 0.1) is 23.0 Å². The topological polar surface area (TPSA) is 53.7 Å². The third-order valence-electron chi connectivity index (χ3n) is 4.38. The van der Waals surface area contributed by atoms with Crippen LogP contribution in [0.5, 0.6) is 5.75 Å². The van der Waals surface area contributed by atoms with Crippen LogP contribution >= 0.6 is 0 Å². The SMILES string of the molecule is CC1(C)OB(c2ccc(N)c(OC3CC3)c2)OC1(C)C. The molecule has 0 atom stereocenters. The molecule has 3 rings (SSSR count). The third kappa shape index (κ3) is 2.40. The molecule has 20 heavy (non-hydrogen) atoms. The molecule has 108 valence electrons. The molecule has 1 saturated heterocycles. The number of hydrogen-bond donors (Lipinski definition) is 1. The molecule has 1 aliphatic heterocycles. The minimum atomic E-state index is -0.373. The highest BCUT2D eigenvalue weighted by Crippen LogP contribution is 2.37. The Hall–Kier alpha value is -1.20. The molecule has 0 aromatic heterocycles. The van der Waals surface area contributed by atoms with Gasteiger partial charge in [-0.2, -0.15) is 0 Å². The second kappa shape index (κ2) is 4.40. The van der Waals surface area contributed by atoms with Gasteiger partial charge in [0.25, 0.3) is 0 Å². The second-order valence-electron chi connectivity index (χ2n) is 6.70. The van der Waals surface area contributed by atoms with Gasteiger partial charge in [0.1, 0.15) is 5.75 Å². The van der Waals surface area contributed by atoms with Crippen molar-refractivity contribution < 1.29 is 14.0 Å². The van der Waals surface area contributed by atoms with Crippen molar-refractivity contribution in [3.05, 3.63) is 18.2 Å². The lowest BCUT2D eigenvalue weighted by atomic mass is 9.79. The molecule has 4 nitrogen and oxygen atoms in total. The molecule has 0 unspecified atom stereocenters. The van der Waals surface area contributed by atoms with Gasteiger partial charge in [-0.05, 0) is 58.1 Å². The zero-order valence-corrected chi connectivity index (χ0v) is 12.6. The Morgan fingerprint density at radius 1 is 1.15 bits per heavy atom. The van der Waals surface area contributed by atoms with Crippen LogP contribution in [0.4, 0.5) is 5.69 Å². The largest absolute Gasteiger partial charge is 0.494 e. The zero-order chi connectivity index (χ0) is 14.5. The minimum Gasteiger partial charge on any atom is -0.488 e. The lowest BCUT2D eigenvalue weighted by Crippen LogP contribution is -2.41. The van der Waals surface area contributed by atoms with Gasteiger partial charge in [-0.3, -0.25) is 0 Å². The Bertz CT molecular complexity index is 510. The van der Waals surface area contributed by atoms with Crippen molar-refractivity contribution in [2.24, 2.45) is 0 Å². The highest BCUT2D eigenvalue weighted by molar-refractivity contribution is 6.62. The lowest BCUT2D eigenvalue weighted by Gasteiger charge is -2.32. The Labute approximate surface area is 120 Å². The number of nitrogens with two attached hydrogens (primary N) is 1. The van der Waals surface area contributed by atoms with Crippen molar-refractivity contribution in [1.29, 1.82) is 0 Å². The maximum Gasteiger partial charge on any atom is 0.494 e. The Kier molecular flexibility index (Phi) is 3.03. The number of hydrogen-bond acceptors (Lipinski definition) is 4. The van der Waals surface area contributed by atoms with Crippen molar-refractivity contribution in [3.8, 4) is 5.75 Å². The van der Waals surface area contributed by atoms with Crippen LogP contribution in [0.1, 0.15) is 40.5 Å². The van der Waals surface area contributed by atoms with E-state index in [1.807, 2.05) is 45.9 Å². The first-order valence-electron chi connectivity index (χ1n) is 7.20. The average Bonchev–Trinajstić information content (AvgIpc) is 3.10. The van der Waals surface area contributed by atoms with Gasteiger partial charge in [-0.1, -0.05) is 6.07 Å². The summed E-state index contributed by atoms with van der Waals surface area (Å²) in [5, 5.41) is 0. The van der Waals surface area contributed by atoms with Gasteiger partial charge in [-0.25, -0.2) is 0 Å². The molecule has 0 amide bonds. The van der Waals surface area contributed by atoms with E-state index < -0.39 is 0 Å². The summed E-state index contributed by atoms with van der Waals surface area (Å²) in [6, 6.07) is 5.74. The minimum absolute atomic E-state index is 0.325. The number of rotatable bonds is 3. The summed E-state index contributed by atoms with van der Waals surface area (Å²) in [6.45, 7) is 8.19. The molecule has 2 N–H and O–H groups in total. The quantitative estimate of drug-likeness (QED) is 0.678. The van der Waals surface area contributed by atoms with Crippen LogP contribution in [0, 0.1) is 0 Å². The van der Waals surface area contributed by atoms with E-state index in [0.29, 0.717) is 11.8 Å². The molecule has 2 fully saturated rings. The first kappa shape index (κ1) is 13.8. The molecular weight excluding hydrogens is 253 g/mol. The standard InChI is InChI=1S/C15H22BNO3/c1-14(2)15(3,4)20-16(19-14)10-5-8-12(17)13(9-10)18-11-6-7-11/h5,8-9,11H,6-7,17H2,1-4H3. The monoisotopic (exact) mass is 275 g/mol. The van der Waals surface area contributed by atoms with Crippen LogP contribution in [0.3, 0.4) is 0 Å². The van der Waals surface area contributed by atoms with E-state index in [1.54, 1.807) is 0 Å². The van der Waals surface area contributed by atoms with Crippen molar-refractivity contribution in [1.82, 2.24) is 0 Å². The molecule has 1 aliphatic carbocycles. The maximum atomic E-state index is 6.05. The molecular formula is C15H22BNO3. The molecule has 1 aromatic carbocycles. The van der Waals surface area contributed by atoms with Crippen LogP contribution < -0.4 is 15.9 Å². The molecule has 0 spiro atoms. The Morgan fingerprint density at radius 2 is 1.75 bits per heavy atom. The second-order valence-corrected chi connectivity index (χ2v) is 6.70. The molecule has 1 aromatic rings. The highest BCUT2D eigenvalue weighted by Gasteiger charge is 2.51. The number of ether oxygens (including phenoxy) is 1. The number of benzene rings is 1. The molecule has 1 saturated carbocycles. The van der Waals surface area contributed by atoms with E-state index in [1.165, 1.54) is 0 Å². The lowest BCUT2D eigenvalue weighted by molar-refractivity contribution is 0.00578. The van der Waals surface area contributed by atoms with Crippen LogP contribution in [-0.4, -0.2) is 24.4 Å². The smallest absolute Gasteiger partial charge is 0.488 e. The number of nitrogen functional groups attached to an aromatic ring is 1. The summed E-state index contributed by atoms with van der Waals surface area (Å²) in [5.41, 5.74) is 6.91. The van der Waals surface area contributed by atoms with Crippen LogP contribution in [-0.2, 0) is 9.31 Å². The van der Waals surface area contributed by atoms with E-state index in [-0.39, 0.29) is 18.3 Å². The average molecular weight is 275 g/mol. The molecule has 0 radical (unpaired) electrons. The Balaban J connectivity index is 1.84. The summed E-state index contributed by atoms with van der Waals surface area (Å²) in [6.07, 6.45) is 2.55. The summed E-state index contributed by atoms with van der Waals surface area (Å²) >= 11 is 0. The molecule has 1 heterocycles. The van der Waals surface area contributed by atoms with Gasteiger partial charge >= 0.3 is 7.12 Å². The summed E-state index contributed by atoms with van der Waals surface area (Å²) < 4.78 is 17.9. The first-order valence-corrected chi connectivity index (χ1v) is 7.20. The molecule has 2 aliphatic rings. The van der Waals surface area contributed by atoms with E-state index in [0.717, 1.165) is 24.1 Å². The highest BCUT2D eigenvalue weighted by atomic mass is 16.7. The van der Waals surface area contributed by atoms with Crippen molar-refractivity contribution in [2.45, 2.75) is 57.8 Å². The predicted octanol–water partition coefficient (Wildman–Crippen LogP) is 2.11. The van der Waals surface area contributed by atoms with Gasteiger partial charge in [0.2, 0.25) is 0 Å². The summed E-state index contributed by atoms with van der Waals surface area (Å²) in [7, 11) is -0.373. The van der Waals surface area contributed by atoms with Gasteiger partial charge in [0.15, 0.2) is 0 Å². The van der Waals surface area contributed by atoms with Gasteiger partial charge in [-0.15, -0.1) is 0 Å². The zero-order valence-electron chi connectivity index (χ0n) is 12.6. The van der Waals surface area contributed by atoms with Crippen LogP contribution in [0.2, 0.25) is 0 Å². The fraction of sp³-hybridized carbons (Fsp3) is 0.600. The van der Waals surface area contributed by atoms with Crippen molar-refractivity contribution in [2.75, 3.05) is 5.73 Å². The van der Waals surface area contributed by atoms with E-state index in [9.17, 15) is 0 Å². The summed E-state index contributed by atoms with van der Waals surface area (Å²) in [5.74, 6) is 0.736. The van der Waals surface area contributed by atoms with Gasteiger partial charge < -0.3 is 19.8 Å². The van der Waals surface area contributed by atoms with Gasteiger partial charge in [0, 0.05) is 0 Å². The van der Waals surface area contributed by atoms with E-state index in [2.05, 4.69) is 0 Å². The maximum absolute atomic E-state index is 6.05. The predicted molar refractivity (Wildman–Crippen MR) is 80.2 cm³/mol. The van der Waals surface area contributed by atoms with Crippen LogP contribution in [0.15, 0.2) is 18.2 Å².